The van der Waals surface area contributed by atoms with E-state index in [2.05, 4.69) is 39.3 Å². The van der Waals surface area contributed by atoms with Crippen molar-refractivity contribution in [3.8, 4) is 0 Å². The first-order chi connectivity index (χ1) is 9.32. The highest BCUT2D eigenvalue weighted by atomic mass is 79.9. The van der Waals surface area contributed by atoms with E-state index in [0.29, 0.717) is 10.4 Å². The minimum Gasteiger partial charge on any atom is -0.321 e. The Balaban J connectivity index is 2.31. The Morgan fingerprint density at radius 2 is 2.10 bits per heavy atom. The lowest BCUT2D eigenvalue weighted by Gasteiger charge is -2.30. The van der Waals surface area contributed by atoms with Crippen molar-refractivity contribution in [2.24, 2.45) is 5.92 Å². The lowest BCUT2D eigenvalue weighted by molar-refractivity contribution is 0.304. The van der Waals surface area contributed by atoms with E-state index in [4.69, 9.17) is 11.6 Å². The Morgan fingerprint density at radius 1 is 1.45 bits per heavy atom. The molecule has 0 aliphatic heterocycles. The van der Waals surface area contributed by atoms with Gasteiger partial charge in [0.2, 0.25) is 0 Å². The van der Waals surface area contributed by atoms with Crippen LogP contribution < -0.4 is 0 Å². The Kier molecular flexibility index (Phi) is 3.37. The summed E-state index contributed by atoms with van der Waals surface area (Å²) in [5, 5.41) is -0.206. The average Bonchev–Trinajstić information content (AvgIpc) is 3.13. The van der Waals surface area contributed by atoms with Crippen LogP contribution in [0.25, 0.3) is 11.0 Å². The molecule has 3 rings (SSSR count). The summed E-state index contributed by atoms with van der Waals surface area (Å²) in [5.74, 6) is 1.16. The largest absolute Gasteiger partial charge is 0.321 e. The second-order valence-corrected chi connectivity index (χ2v) is 7.61. The zero-order valence-electron chi connectivity index (χ0n) is 11.8. The molecule has 1 unspecified atom stereocenters. The normalized spacial score (nSPS) is 17.7. The van der Waals surface area contributed by atoms with Crippen molar-refractivity contribution in [3.63, 3.8) is 0 Å². The molecule has 0 radical (unpaired) electrons. The van der Waals surface area contributed by atoms with Gasteiger partial charge in [0.25, 0.3) is 0 Å². The molecule has 0 N–H and O–H groups in total. The second-order valence-electron chi connectivity index (χ2n) is 6.10. The van der Waals surface area contributed by atoms with Crippen molar-refractivity contribution in [2.75, 3.05) is 0 Å². The van der Waals surface area contributed by atoms with Crippen molar-refractivity contribution in [1.29, 1.82) is 0 Å². The molecule has 0 saturated heterocycles. The van der Waals surface area contributed by atoms with Crippen LogP contribution in [0.1, 0.15) is 44.8 Å². The van der Waals surface area contributed by atoms with Crippen molar-refractivity contribution in [1.82, 2.24) is 9.55 Å². The molecule has 0 spiro atoms. The number of hydrogen-bond donors (Lipinski definition) is 0. The SMILES string of the molecule is CC(Cl)c1nc2cc(Br)c(F)cc2n1C(C)(C)C1CC1. The Bertz CT molecular complexity index is 674. The lowest BCUT2D eigenvalue weighted by atomic mass is 9.97. The topological polar surface area (TPSA) is 17.8 Å². The summed E-state index contributed by atoms with van der Waals surface area (Å²) in [5.41, 5.74) is 1.52. The molecule has 1 heterocycles. The molecule has 0 amide bonds. The molecule has 1 saturated carbocycles. The first-order valence-electron chi connectivity index (χ1n) is 6.84. The quantitative estimate of drug-likeness (QED) is 0.672. The molecule has 1 fully saturated rings. The van der Waals surface area contributed by atoms with Crippen LogP contribution in [0.2, 0.25) is 0 Å². The van der Waals surface area contributed by atoms with Crippen LogP contribution in [0.3, 0.4) is 0 Å². The fraction of sp³-hybridized carbons (Fsp3) is 0.533. The maximum atomic E-state index is 13.9. The lowest BCUT2D eigenvalue weighted by Crippen LogP contribution is -2.30. The van der Waals surface area contributed by atoms with E-state index in [0.717, 1.165) is 16.9 Å². The fourth-order valence-corrected chi connectivity index (χ4v) is 3.41. The van der Waals surface area contributed by atoms with E-state index in [1.54, 1.807) is 12.1 Å². The van der Waals surface area contributed by atoms with Gasteiger partial charge in [-0.25, -0.2) is 9.37 Å². The second kappa shape index (κ2) is 4.70. The monoisotopic (exact) mass is 358 g/mol. The first-order valence-corrected chi connectivity index (χ1v) is 8.07. The van der Waals surface area contributed by atoms with Crippen LogP contribution in [0, 0.1) is 11.7 Å². The van der Waals surface area contributed by atoms with E-state index in [-0.39, 0.29) is 16.7 Å². The van der Waals surface area contributed by atoms with Crippen LogP contribution in [0.5, 0.6) is 0 Å². The number of halogens is 3. The molecular formula is C15H17BrClFN2. The van der Waals surface area contributed by atoms with Gasteiger partial charge in [0.1, 0.15) is 11.6 Å². The Morgan fingerprint density at radius 3 is 2.65 bits per heavy atom. The Hall–Kier alpha value is -0.610. The highest BCUT2D eigenvalue weighted by Gasteiger charge is 2.41. The summed E-state index contributed by atoms with van der Waals surface area (Å²) in [4.78, 5) is 4.62. The van der Waals surface area contributed by atoms with Crippen LogP contribution >= 0.6 is 27.5 Å². The van der Waals surface area contributed by atoms with E-state index in [1.165, 1.54) is 12.8 Å². The van der Waals surface area contributed by atoms with Crippen molar-refractivity contribution < 1.29 is 4.39 Å². The first kappa shape index (κ1) is 14.3. The molecule has 1 aromatic heterocycles. The number of benzene rings is 1. The minimum absolute atomic E-state index is 0.0898. The maximum absolute atomic E-state index is 13.9. The van der Waals surface area contributed by atoms with Crippen molar-refractivity contribution in [2.45, 2.75) is 44.5 Å². The van der Waals surface area contributed by atoms with Gasteiger partial charge in [-0.15, -0.1) is 11.6 Å². The van der Waals surface area contributed by atoms with Gasteiger partial charge in [0.15, 0.2) is 0 Å². The summed E-state index contributed by atoms with van der Waals surface area (Å²) in [6.07, 6.45) is 2.42. The van der Waals surface area contributed by atoms with Gasteiger partial charge in [-0.2, -0.15) is 0 Å². The number of alkyl halides is 1. The third-order valence-electron chi connectivity index (χ3n) is 4.23. The van der Waals surface area contributed by atoms with Gasteiger partial charge in [0.05, 0.1) is 20.9 Å². The molecule has 20 heavy (non-hydrogen) atoms. The predicted molar refractivity (Wildman–Crippen MR) is 83.7 cm³/mol. The molecule has 0 bridgehead atoms. The van der Waals surface area contributed by atoms with Crippen molar-refractivity contribution >= 4 is 38.6 Å². The third-order valence-corrected chi connectivity index (χ3v) is 5.03. The highest BCUT2D eigenvalue weighted by molar-refractivity contribution is 9.10. The molecule has 108 valence electrons. The number of fused-ring (bicyclic) bond motifs is 1. The van der Waals surface area contributed by atoms with E-state index >= 15 is 0 Å². The zero-order valence-corrected chi connectivity index (χ0v) is 14.1. The average molecular weight is 360 g/mol. The number of imidazole rings is 1. The molecule has 2 nitrogen and oxygen atoms in total. The van der Waals surface area contributed by atoms with E-state index in [1.807, 2.05) is 6.92 Å². The van der Waals surface area contributed by atoms with E-state index < -0.39 is 0 Å². The van der Waals surface area contributed by atoms with Gasteiger partial charge in [-0.1, -0.05) is 0 Å². The van der Waals surface area contributed by atoms with Gasteiger partial charge >= 0.3 is 0 Å². The zero-order chi connectivity index (χ0) is 14.7. The molecule has 1 atom stereocenters. The molecular weight excluding hydrogens is 343 g/mol. The molecule has 5 heteroatoms. The molecule has 2 aromatic rings. The molecule has 1 aliphatic carbocycles. The smallest absolute Gasteiger partial charge is 0.139 e. The van der Waals surface area contributed by atoms with Gasteiger partial charge < -0.3 is 4.57 Å². The van der Waals surface area contributed by atoms with Crippen LogP contribution in [0.4, 0.5) is 4.39 Å². The summed E-state index contributed by atoms with van der Waals surface area (Å²) in [6.45, 7) is 6.29. The molecule has 1 aliphatic rings. The maximum Gasteiger partial charge on any atom is 0.139 e. The van der Waals surface area contributed by atoms with Crippen LogP contribution in [-0.4, -0.2) is 9.55 Å². The summed E-state index contributed by atoms with van der Waals surface area (Å²) in [7, 11) is 0. The molecule has 1 aromatic carbocycles. The third kappa shape index (κ3) is 2.17. The van der Waals surface area contributed by atoms with Gasteiger partial charge in [-0.3, -0.25) is 0 Å². The van der Waals surface area contributed by atoms with E-state index in [9.17, 15) is 4.39 Å². The van der Waals surface area contributed by atoms with Gasteiger partial charge in [-0.05, 0) is 61.5 Å². The minimum atomic E-state index is -0.265. The Labute approximate surface area is 131 Å². The summed E-state index contributed by atoms with van der Waals surface area (Å²) >= 11 is 9.52. The highest BCUT2D eigenvalue weighted by Crippen LogP contribution is 2.46. The van der Waals surface area contributed by atoms with Crippen LogP contribution in [-0.2, 0) is 5.54 Å². The standard InChI is InChI=1S/C15H17BrClFN2/c1-8(17)14-19-12-6-10(16)11(18)7-13(12)20(14)15(2,3)9-4-5-9/h6-9H,4-5H2,1-3H3. The van der Waals surface area contributed by atoms with Crippen molar-refractivity contribution in [3.05, 3.63) is 28.2 Å². The number of aromatic nitrogens is 2. The fourth-order valence-electron chi connectivity index (χ4n) is 2.94. The van der Waals surface area contributed by atoms with Crippen LogP contribution in [0.15, 0.2) is 16.6 Å². The number of nitrogens with zero attached hydrogens (tertiary/aromatic N) is 2. The summed E-state index contributed by atoms with van der Waals surface area (Å²) in [6, 6.07) is 3.28. The predicted octanol–water partition coefficient (Wildman–Crippen LogP) is 5.38. The number of rotatable bonds is 3. The number of hydrogen-bond acceptors (Lipinski definition) is 1. The van der Waals surface area contributed by atoms with Gasteiger partial charge in [0, 0.05) is 11.6 Å². The summed E-state index contributed by atoms with van der Waals surface area (Å²) < 4.78 is 16.5.